The van der Waals surface area contributed by atoms with Crippen LogP contribution in [0.1, 0.15) is 43.0 Å². The van der Waals surface area contributed by atoms with Gasteiger partial charge in [0.25, 0.3) is 11.8 Å². The summed E-state index contributed by atoms with van der Waals surface area (Å²) in [7, 11) is 0. The number of hydrogen-bond donors (Lipinski definition) is 3. The number of ketones is 1. The number of nitrogens with one attached hydrogen (secondary N) is 2. The molecule has 32 heavy (non-hydrogen) atoms. The number of primary amides is 1. The van der Waals surface area contributed by atoms with Crippen molar-refractivity contribution >= 4 is 40.9 Å². The van der Waals surface area contributed by atoms with Crippen molar-refractivity contribution in [1.29, 1.82) is 0 Å². The zero-order valence-electron chi connectivity index (χ0n) is 16.5. The van der Waals surface area contributed by atoms with Gasteiger partial charge in [0.15, 0.2) is 0 Å². The number of halogens is 6. The molecule has 1 aromatic rings. The van der Waals surface area contributed by atoms with Crippen LogP contribution in [0.15, 0.2) is 12.3 Å². The lowest BCUT2D eigenvalue weighted by Crippen LogP contribution is -2.47. The Kier molecular flexibility index (Phi) is 7.12. The van der Waals surface area contributed by atoms with Gasteiger partial charge in [0.05, 0.1) is 16.6 Å². The molecule has 0 aliphatic heterocycles. The van der Waals surface area contributed by atoms with Crippen molar-refractivity contribution in [3.05, 3.63) is 22.8 Å². The molecule has 4 N–H and O–H groups in total. The van der Waals surface area contributed by atoms with E-state index >= 15 is 0 Å². The Bertz CT molecular complexity index is 944. The molecular formula is C18H18ClF5N4O4. The number of anilines is 1. The number of Topliss-reactive ketones (excluding diaryl/α,β-unsaturated/α-hetero) is 1. The quantitative estimate of drug-likeness (QED) is 0.366. The lowest BCUT2D eigenvalue weighted by Gasteiger charge is -2.21. The summed E-state index contributed by atoms with van der Waals surface area (Å²) in [5, 5.41) is 3.79. The molecule has 2 rings (SSSR count). The van der Waals surface area contributed by atoms with Crippen LogP contribution < -0.4 is 16.4 Å². The SMILES string of the molecule is CC(F)(F)CC[C@H](NC(=O)c1cc(Cl)cnc1NC(=O)C1(C(F)(F)F)CC1)C(=O)C(N)=O. The molecule has 0 saturated heterocycles. The molecule has 1 aliphatic carbocycles. The average Bonchev–Trinajstić information content (AvgIpc) is 3.47. The standard InChI is InChI=1S/C18H18ClF5N4O4/c1-16(20,21)3-2-10(11(29)12(25)30)27-14(31)9-6-8(19)7-26-13(9)28-15(32)17(4-5-17)18(22,23)24/h6-7,10H,2-5H2,1H3,(H2,25,30)(H,27,31)(H,26,28,32)/t10-/m0/s1. The van der Waals surface area contributed by atoms with Gasteiger partial charge in [0, 0.05) is 12.6 Å². The Morgan fingerprint density at radius 3 is 2.28 bits per heavy atom. The molecule has 3 amide bonds. The van der Waals surface area contributed by atoms with Crippen molar-refractivity contribution in [2.45, 2.75) is 50.7 Å². The van der Waals surface area contributed by atoms with E-state index < -0.39 is 84.1 Å². The van der Waals surface area contributed by atoms with Crippen LogP contribution >= 0.6 is 11.6 Å². The van der Waals surface area contributed by atoms with Crippen LogP contribution in [0, 0.1) is 5.41 Å². The number of carbonyl (C=O) groups excluding carboxylic acids is 4. The Balaban J connectivity index is 2.28. The van der Waals surface area contributed by atoms with E-state index in [0.29, 0.717) is 6.92 Å². The topological polar surface area (TPSA) is 131 Å². The third-order valence-electron chi connectivity index (χ3n) is 4.79. The van der Waals surface area contributed by atoms with E-state index in [1.807, 2.05) is 10.6 Å². The largest absolute Gasteiger partial charge is 0.403 e. The zero-order chi connectivity index (χ0) is 24.5. The summed E-state index contributed by atoms with van der Waals surface area (Å²) < 4.78 is 65.8. The minimum atomic E-state index is -4.82. The summed E-state index contributed by atoms with van der Waals surface area (Å²) in [5.74, 6) is -9.33. The van der Waals surface area contributed by atoms with E-state index in [9.17, 15) is 41.1 Å². The lowest BCUT2D eigenvalue weighted by atomic mass is 10.0. The summed E-state index contributed by atoms with van der Waals surface area (Å²) in [6.07, 6.45) is -6.32. The second-order valence-corrected chi connectivity index (χ2v) is 7.88. The summed E-state index contributed by atoms with van der Waals surface area (Å²) >= 11 is 5.77. The molecule has 14 heteroatoms. The summed E-state index contributed by atoms with van der Waals surface area (Å²) in [4.78, 5) is 51.6. The summed E-state index contributed by atoms with van der Waals surface area (Å²) in [6.45, 7) is 0.559. The highest BCUT2D eigenvalue weighted by Crippen LogP contribution is 2.58. The Labute approximate surface area is 183 Å². The van der Waals surface area contributed by atoms with E-state index in [4.69, 9.17) is 17.3 Å². The number of aromatic nitrogens is 1. The number of hydrogen-bond acceptors (Lipinski definition) is 5. The Hall–Kier alpha value is -2.83. The number of pyridine rings is 1. The Morgan fingerprint density at radius 2 is 1.81 bits per heavy atom. The molecular weight excluding hydrogens is 467 g/mol. The van der Waals surface area contributed by atoms with Crippen LogP contribution in [-0.2, 0) is 14.4 Å². The predicted molar refractivity (Wildman–Crippen MR) is 101 cm³/mol. The lowest BCUT2D eigenvalue weighted by molar-refractivity contribution is -0.189. The van der Waals surface area contributed by atoms with Crippen LogP contribution in [0.5, 0.6) is 0 Å². The number of alkyl halides is 5. The molecule has 1 saturated carbocycles. The molecule has 0 spiro atoms. The van der Waals surface area contributed by atoms with Gasteiger partial charge in [-0.05, 0) is 32.3 Å². The first-order valence-electron chi connectivity index (χ1n) is 9.13. The van der Waals surface area contributed by atoms with Gasteiger partial charge >= 0.3 is 6.18 Å². The highest BCUT2D eigenvalue weighted by molar-refractivity contribution is 6.38. The normalized spacial score (nSPS) is 16.1. The second kappa shape index (κ2) is 8.96. The maximum atomic E-state index is 13.2. The van der Waals surface area contributed by atoms with Crippen LogP contribution in [0.25, 0.3) is 0 Å². The van der Waals surface area contributed by atoms with E-state index in [1.54, 1.807) is 0 Å². The number of amides is 3. The van der Waals surface area contributed by atoms with Gasteiger partial charge in [0.2, 0.25) is 17.6 Å². The van der Waals surface area contributed by atoms with Crippen LogP contribution in [-0.4, -0.2) is 46.6 Å². The van der Waals surface area contributed by atoms with Crippen molar-refractivity contribution in [3.8, 4) is 0 Å². The molecule has 0 unspecified atom stereocenters. The molecule has 0 bridgehead atoms. The van der Waals surface area contributed by atoms with Gasteiger partial charge in [-0.15, -0.1) is 0 Å². The summed E-state index contributed by atoms with van der Waals surface area (Å²) in [5.41, 5.74) is 1.72. The van der Waals surface area contributed by atoms with Crippen molar-refractivity contribution in [2.24, 2.45) is 11.1 Å². The third-order valence-corrected chi connectivity index (χ3v) is 5.00. The molecule has 8 nitrogen and oxygen atoms in total. The van der Waals surface area contributed by atoms with E-state index in [-0.39, 0.29) is 5.02 Å². The maximum Gasteiger partial charge on any atom is 0.403 e. The zero-order valence-corrected chi connectivity index (χ0v) is 17.2. The molecule has 1 atom stereocenters. The number of nitrogens with zero attached hydrogens (tertiary/aromatic N) is 1. The first-order chi connectivity index (χ1) is 14.6. The smallest absolute Gasteiger partial charge is 0.363 e. The van der Waals surface area contributed by atoms with Gasteiger partial charge in [-0.3, -0.25) is 19.2 Å². The maximum absolute atomic E-state index is 13.2. The average molecular weight is 485 g/mol. The fourth-order valence-corrected chi connectivity index (χ4v) is 2.94. The molecule has 1 heterocycles. The van der Waals surface area contributed by atoms with Crippen LogP contribution in [0.2, 0.25) is 5.02 Å². The van der Waals surface area contributed by atoms with Crippen molar-refractivity contribution in [1.82, 2.24) is 10.3 Å². The monoisotopic (exact) mass is 484 g/mol. The minimum absolute atomic E-state index is 0.150. The highest BCUT2D eigenvalue weighted by Gasteiger charge is 2.68. The van der Waals surface area contributed by atoms with Crippen LogP contribution in [0.4, 0.5) is 27.8 Å². The molecule has 176 valence electrons. The molecule has 0 aromatic carbocycles. The molecule has 1 aliphatic rings. The van der Waals surface area contributed by atoms with Crippen molar-refractivity contribution in [3.63, 3.8) is 0 Å². The van der Waals surface area contributed by atoms with Gasteiger partial charge in [-0.2, -0.15) is 13.2 Å². The molecule has 1 fully saturated rings. The molecule has 0 radical (unpaired) electrons. The van der Waals surface area contributed by atoms with Crippen molar-refractivity contribution < 1.29 is 41.1 Å². The van der Waals surface area contributed by atoms with Crippen molar-refractivity contribution in [2.75, 3.05) is 5.32 Å². The van der Waals surface area contributed by atoms with E-state index in [2.05, 4.69) is 4.98 Å². The fourth-order valence-electron chi connectivity index (χ4n) is 2.78. The fraction of sp³-hybridized carbons (Fsp3) is 0.500. The summed E-state index contributed by atoms with van der Waals surface area (Å²) in [6, 6.07) is -0.814. The van der Waals surface area contributed by atoms with Gasteiger partial charge in [-0.1, -0.05) is 11.6 Å². The number of carbonyl (C=O) groups is 4. The van der Waals surface area contributed by atoms with Gasteiger partial charge < -0.3 is 16.4 Å². The highest BCUT2D eigenvalue weighted by atomic mass is 35.5. The Morgan fingerprint density at radius 1 is 1.22 bits per heavy atom. The first kappa shape index (κ1) is 25.4. The predicted octanol–water partition coefficient (Wildman–Crippen LogP) is 2.60. The van der Waals surface area contributed by atoms with Crippen LogP contribution in [0.3, 0.4) is 0 Å². The third kappa shape index (κ3) is 5.90. The van der Waals surface area contributed by atoms with E-state index in [1.165, 1.54) is 0 Å². The minimum Gasteiger partial charge on any atom is -0.363 e. The second-order valence-electron chi connectivity index (χ2n) is 7.45. The molecule has 1 aromatic heterocycles. The van der Waals surface area contributed by atoms with Gasteiger partial charge in [0.1, 0.15) is 11.2 Å². The van der Waals surface area contributed by atoms with E-state index in [0.717, 1.165) is 12.3 Å². The number of nitrogens with two attached hydrogens (primary N) is 1. The number of rotatable bonds is 9. The first-order valence-corrected chi connectivity index (χ1v) is 9.51. The van der Waals surface area contributed by atoms with Gasteiger partial charge in [-0.25, -0.2) is 13.8 Å².